The number of imidazole rings is 1. The minimum Gasteiger partial charge on any atom is -0.335 e. The van der Waals surface area contributed by atoms with Gasteiger partial charge in [0.15, 0.2) is 0 Å². The Morgan fingerprint density at radius 1 is 1.40 bits per heavy atom. The number of hydrogen-bond acceptors (Lipinski definition) is 2. The van der Waals surface area contributed by atoms with Gasteiger partial charge in [-0.05, 0) is 26.3 Å². The van der Waals surface area contributed by atoms with Crippen LogP contribution < -0.4 is 5.73 Å². The van der Waals surface area contributed by atoms with Gasteiger partial charge in [-0.1, -0.05) is 12.8 Å². The fourth-order valence-electron chi connectivity index (χ4n) is 2.64. The van der Waals surface area contributed by atoms with E-state index in [1.165, 1.54) is 37.1 Å². The van der Waals surface area contributed by atoms with Gasteiger partial charge in [0.05, 0.1) is 5.69 Å². The lowest BCUT2D eigenvalue weighted by Crippen LogP contribution is -2.10. The van der Waals surface area contributed by atoms with Crippen LogP contribution in [0.4, 0.5) is 0 Å². The molecule has 0 amide bonds. The highest BCUT2D eigenvalue weighted by molar-refractivity contribution is 5.22. The van der Waals surface area contributed by atoms with E-state index in [9.17, 15) is 0 Å². The molecule has 0 atom stereocenters. The van der Waals surface area contributed by atoms with Gasteiger partial charge in [0.25, 0.3) is 0 Å². The van der Waals surface area contributed by atoms with Gasteiger partial charge in [-0.3, -0.25) is 0 Å². The van der Waals surface area contributed by atoms with Crippen molar-refractivity contribution in [3.8, 4) is 0 Å². The van der Waals surface area contributed by atoms with E-state index in [-0.39, 0.29) is 0 Å². The molecule has 15 heavy (non-hydrogen) atoms. The second-order valence-corrected chi connectivity index (χ2v) is 4.57. The molecule has 0 spiro atoms. The second kappa shape index (κ2) is 4.35. The van der Waals surface area contributed by atoms with E-state index in [0.717, 1.165) is 18.8 Å². The van der Waals surface area contributed by atoms with Crippen molar-refractivity contribution in [1.82, 2.24) is 9.55 Å². The van der Waals surface area contributed by atoms with E-state index in [4.69, 9.17) is 10.7 Å². The van der Waals surface area contributed by atoms with Crippen molar-refractivity contribution < 1.29 is 0 Å². The summed E-state index contributed by atoms with van der Waals surface area (Å²) < 4.78 is 2.21. The van der Waals surface area contributed by atoms with Gasteiger partial charge in [-0.2, -0.15) is 0 Å². The monoisotopic (exact) mass is 207 g/mol. The zero-order valence-electron chi connectivity index (χ0n) is 9.79. The second-order valence-electron chi connectivity index (χ2n) is 4.57. The molecule has 0 bridgehead atoms. The van der Waals surface area contributed by atoms with Crippen LogP contribution in [0, 0.1) is 6.92 Å². The number of hydrogen-bond donors (Lipinski definition) is 1. The summed E-state index contributed by atoms with van der Waals surface area (Å²) in [4.78, 5) is 4.72. The van der Waals surface area contributed by atoms with E-state index in [2.05, 4.69) is 18.5 Å². The van der Waals surface area contributed by atoms with E-state index in [1.54, 1.807) is 0 Å². The van der Waals surface area contributed by atoms with Gasteiger partial charge in [0.2, 0.25) is 0 Å². The third kappa shape index (κ3) is 1.93. The standard InChI is InChI=1S/C12H21N3/c1-9-14-12(10-5-3-4-6-10)11(7-8-13)15(9)2/h10H,3-8,13H2,1-2H3. The molecule has 0 unspecified atom stereocenters. The molecule has 1 aliphatic rings. The fourth-order valence-corrected chi connectivity index (χ4v) is 2.64. The molecule has 84 valence electrons. The Bertz CT molecular complexity index is 335. The molecule has 2 N–H and O–H groups in total. The Balaban J connectivity index is 2.31. The molecule has 1 aliphatic carbocycles. The molecule has 1 aromatic rings. The minimum atomic E-state index is 0.700. The zero-order chi connectivity index (χ0) is 10.8. The topological polar surface area (TPSA) is 43.8 Å². The van der Waals surface area contributed by atoms with Crippen LogP contribution in [0.3, 0.4) is 0 Å². The van der Waals surface area contributed by atoms with Crippen LogP contribution in [0.1, 0.15) is 48.8 Å². The molecular weight excluding hydrogens is 186 g/mol. The maximum absolute atomic E-state index is 5.67. The first kappa shape index (κ1) is 10.7. The predicted molar refractivity (Wildman–Crippen MR) is 61.9 cm³/mol. The van der Waals surface area contributed by atoms with Crippen molar-refractivity contribution >= 4 is 0 Å². The van der Waals surface area contributed by atoms with Crippen LogP contribution in [0.15, 0.2) is 0 Å². The summed E-state index contributed by atoms with van der Waals surface area (Å²) >= 11 is 0. The van der Waals surface area contributed by atoms with Crippen LogP contribution in [0.2, 0.25) is 0 Å². The van der Waals surface area contributed by atoms with Crippen molar-refractivity contribution in [2.45, 2.75) is 44.9 Å². The number of aromatic nitrogens is 2. The fraction of sp³-hybridized carbons (Fsp3) is 0.750. The number of rotatable bonds is 3. The van der Waals surface area contributed by atoms with Crippen molar-refractivity contribution in [3.05, 3.63) is 17.2 Å². The third-order valence-electron chi connectivity index (χ3n) is 3.59. The van der Waals surface area contributed by atoms with Gasteiger partial charge < -0.3 is 10.3 Å². The molecule has 1 saturated carbocycles. The number of nitrogens with two attached hydrogens (primary N) is 1. The van der Waals surface area contributed by atoms with E-state index >= 15 is 0 Å². The summed E-state index contributed by atoms with van der Waals surface area (Å²) in [6.07, 6.45) is 6.32. The van der Waals surface area contributed by atoms with Crippen molar-refractivity contribution in [2.24, 2.45) is 12.8 Å². The van der Waals surface area contributed by atoms with E-state index in [1.807, 2.05) is 0 Å². The van der Waals surface area contributed by atoms with Gasteiger partial charge in [0, 0.05) is 25.1 Å². The van der Waals surface area contributed by atoms with Crippen molar-refractivity contribution in [1.29, 1.82) is 0 Å². The highest BCUT2D eigenvalue weighted by Gasteiger charge is 2.23. The highest BCUT2D eigenvalue weighted by Crippen LogP contribution is 2.35. The molecule has 0 saturated heterocycles. The summed E-state index contributed by atoms with van der Waals surface area (Å²) in [7, 11) is 2.10. The Hall–Kier alpha value is -0.830. The van der Waals surface area contributed by atoms with Crippen LogP contribution in [-0.4, -0.2) is 16.1 Å². The van der Waals surface area contributed by atoms with Crippen molar-refractivity contribution in [3.63, 3.8) is 0 Å². The third-order valence-corrected chi connectivity index (χ3v) is 3.59. The Labute approximate surface area is 91.7 Å². The first-order valence-corrected chi connectivity index (χ1v) is 5.96. The van der Waals surface area contributed by atoms with Crippen molar-refractivity contribution in [2.75, 3.05) is 6.54 Å². The lowest BCUT2D eigenvalue weighted by molar-refractivity contribution is 0.681. The Morgan fingerprint density at radius 2 is 2.07 bits per heavy atom. The number of nitrogens with zero attached hydrogens (tertiary/aromatic N) is 2. The molecular formula is C12H21N3. The zero-order valence-corrected chi connectivity index (χ0v) is 9.79. The van der Waals surface area contributed by atoms with Crippen LogP contribution in [0.25, 0.3) is 0 Å². The van der Waals surface area contributed by atoms with E-state index in [0.29, 0.717) is 5.92 Å². The average molecular weight is 207 g/mol. The molecule has 2 rings (SSSR count). The lowest BCUT2D eigenvalue weighted by Gasteiger charge is -2.09. The molecule has 0 radical (unpaired) electrons. The molecule has 1 fully saturated rings. The average Bonchev–Trinajstić information content (AvgIpc) is 2.81. The molecule has 1 aromatic heterocycles. The summed E-state index contributed by atoms with van der Waals surface area (Å²) in [6.45, 7) is 2.80. The Kier molecular flexibility index (Phi) is 3.10. The van der Waals surface area contributed by atoms with Gasteiger partial charge in [-0.25, -0.2) is 4.98 Å². The quantitative estimate of drug-likeness (QED) is 0.822. The van der Waals surface area contributed by atoms with Gasteiger partial charge >= 0.3 is 0 Å². The maximum atomic E-state index is 5.67. The minimum absolute atomic E-state index is 0.700. The summed E-state index contributed by atoms with van der Waals surface area (Å²) in [5.41, 5.74) is 8.36. The normalized spacial score (nSPS) is 17.5. The largest absolute Gasteiger partial charge is 0.335 e. The summed E-state index contributed by atoms with van der Waals surface area (Å²) in [5.74, 6) is 1.83. The molecule has 1 heterocycles. The summed E-state index contributed by atoms with van der Waals surface area (Å²) in [5, 5.41) is 0. The van der Waals surface area contributed by atoms with Crippen LogP contribution in [-0.2, 0) is 13.5 Å². The Morgan fingerprint density at radius 3 is 2.67 bits per heavy atom. The van der Waals surface area contributed by atoms with Crippen LogP contribution in [0.5, 0.6) is 0 Å². The first-order chi connectivity index (χ1) is 7.24. The first-order valence-electron chi connectivity index (χ1n) is 5.96. The molecule has 3 heteroatoms. The van der Waals surface area contributed by atoms with Gasteiger partial charge in [-0.15, -0.1) is 0 Å². The van der Waals surface area contributed by atoms with Gasteiger partial charge in [0.1, 0.15) is 5.82 Å². The SMILES string of the molecule is Cc1nc(C2CCCC2)c(CCN)n1C. The molecule has 0 aromatic carbocycles. The van der Waals surface area contributed by atoms with Crippen LogP contribution >= 0.6 is 0 Å². The number of aryl methyl sites for hydroxylation is 1. The molecule has 0 aliphatic heterocycles. The highest BCUT2D eigenvalue weighted by atomic mass is 15.1. The summed E-state index contributed by atoms with van der Waals surface area (Å²) in [6, 6.07) is 0. The lowest BCUT2D eigenvalue weighted by atomic mass is 10.0. The van der Waals surface area contributed by atoms with E-state index < -0.39 is 0 Å². The maximum Gasteiger partial charge on any atom is 0.105 e. The smallest absolute Gasteiger partial charge is 0.105 e. The predicted octanol–water partition coefficient (Wildman–Crippen LogP) is 1.89. The molecule has 3 nitrogen and oxygen atoms in total.